The Labute approximate surface area is 284 Å². The molecule has 0 amide bonds. The molecule has 10 heteroatoms. The van der Waals surface area contributed by atoms with E-state index in [9.17, 15) is 18.5 Å². The molecule has 1 aromatic rings. The molecule has 0 saturated carbocycles. The van der Waals surface area contributed by atoms with Gasteiger partial charge in [-0.15, -0.1) is 0 Å². The molecule has 1 heterocycles. The molecule has 264 valence electrons. The van der Waals surface area contributed by atoms with Crippen molar-refractivity contribution >= 4 is 28.2 Å². The van der Waals surface area contributed by atoms with Crippen LogP contribution >= 0.6 is 0 Å². The first-order valence-corrected chi connectivity index (χ1v) is 17.7. The third-order valence-electron chi connectivity index (χ3n) is 7.75. The van der Waals surface area contributed by atoms with Crippen LogP contribution in [0.4, 0.5) is 14.5 Å². The highest BCUT2D eigenvalue weighted by atomic mass is 32.2. The van der Waals surface area contributed by atoms with Gasteiger partial charge in [-0.3, -0.25) is 9.10 Å². The smallest absolute Gasteiger partial charge is 0.307 e. The van der Waals surface area contributed by atoms with Crippen LogP contribution in [0, 0.1) is 6.92 Å². The molecule has 0 aromatic heterocycles. The summed E-state index contributed by atoms with van der Waals surface area (Å²) < 4.78 is 50.2. The van der Waals surface area contributed by atoms with Crippen LogP contribution < -0.4 is 9.64 Å². The first-order chi connectivity index (χ1) is 21.9. The number of carbonyl (C=O) groups is 1. The number of nitrogens with zero attached hydrogens (tertiary/aromatic N) is 2. The maximum Gasteiger partial charge on any atom is 0.307 e. The lowest BCUT2D eigenvalue weighted by Gasteiger charge is -2.31. The minimum absolute atomic E-state index is 0.0975. The standard InChI is InChI=1S/C31H40F2N2O4S.C4H10O.C2H6/c1-8-23(24-13-14-29-31(21(24)4)34(6)15-16-39-29)25(17-30(36)37)19(2)22(5)35(40(7)38)18-26-20(3)27(32)11-9-10-12-28(26)33;1-4(2,3)5;1-2/h9-14,27-28H,8,15-18H2,1-7H3,(H,36,37);5H,1-3H3;1-2H3/b11-9?,12-10?,22-19+,25-23+,26-20-;;. The number of halogens is 2. The summed E-state index contributed by atoms with van der Waals surface area (Å²) in [5.74, 6) is -0.201. The van der Waals surface area contributed by atoms with E-state index in [1.165, 1.54) is 34.9 Å². The molecule has 1 aliphatic carbocycles. The van der Waals surface area contributed by atoms with Crippen LogP contribution in [0.3, 0.4) is 0 Å². The summed E-state index contributed by atoms with van der Waals surface area (Å²) >= 11 is 0. The van der Waals surface area contributed by atoms with E-state index in [2.05, 4.69) is 4.90 Å². The van der Waals surface area contributed by atoms with Gasteiger partial charge in [0.15, 0.2) is 0 Å². The zero-order valence-electron chi connectivity index (χ0n) is 30.3. The average Bonchev–Trinajstić information content (AvgIpc) is 2.98. The Morgan fingerprint density at radius 1 is 1.11 bits per heavy atom. The first-order valence-electron chi connectivity index (χ1n) is 16.1. The van der Waals surface area contributed by atoms with Crippen LogP contribution in [0.2, 0.25) is 0 Å². The number of rotatable bonds is 9. The number of anilines is 1. The average molecular weight is 679 g/mol. The van der Waals surface area contributed by atoms with E-state index in [1.54, 1.807) is 41.5 Å². The van der Waals surface area contributed by atoms with Crippen molar-refractivity contribution < 1.29 is 32.7 Å². The molecule has 7 nitrogen and oxygen atoms in total. The highest BCUT2D eigenvalue weighted by molar-refractivity contribution is 7.82. The number of benzene rings is 1. The number of fused-ring (bicyclic) bond motifs is 1. The molecule has 3 atom stereocenters. The molecule has 47 heavy (non-hydrogen) atoms. The van der Waals surface area contributed by atoms with Crippen molar-refractivity contribution in [2.24, 2.45) is 0 Å². The van der Waals surface area contributed by atoms with Gasteiger partial charge >= 0.3 is 5.97 Å². The molecular weight excluding hydrogens is 622 g/mol. The van der Waals surface area contributed by atoms with Crippen molar-refractivity contribution in [3.63, 3.8) is 0 Å². The van der Waals surface area contributed by atoms with Gasteiger partial charge in [-0.1, -0.05) is 39.0 Å². The second-order valence-corrected chi connectivity index (χ2v) is 13.6. The number of hydrogen-bond acceptors (Lipinski definition) is 5. The van der Waals surface area contributed by atoms with Gasteiger partial charge in [-0.25, -0.2) is 13.0 Å². The highest BCUT2D eigenvalue weighted by Gasteiger charge is 2.27. The van der Waals surface area contributed by atoms with Gasteiger partial charge in [0.05, 0.1) is 30.8 Å². The number of carboxylic acids is 1. The van der Waals surface area contributed by atoms with Gasteiger partial charge in [0, 0.05) is 19.0 Å². The number of alkyl halides is 2. The fourth-order valence-electron chi connectivity index (χ4n) is 5.33. The molecule has 1 aromatic carbocycles. The van der Waals surface area contributed by atoms with Crippen molar-refractivity contribution in [2.75, 3.05) is 37.9 Å². The molecule has 0 fully saturated rings. The van der Waals surface area contributed by atoms with E-state index in [1.807, 2.05) is 46.9 Å². The van der Waals surface area contributed by atoms with Crippen molar-refractivity contribution in [3.05, 3.63) is 75.6 Å². The predicted molar refractivity (Wildman–Crippen MR) is 193 cm³/mol. The van der Waals surface area contributed by atoms with Gasteiger partial charge in [0.1, 0.15) is 35.7 Å². The zero-order valence-corrected chi connectivity index (χ0v) is 31.1. The summed E-state index contributed by atoms with van der Waals surface area (Å²) in [5, 5.41) is 18.4. The number of likely N-dealkylation sites (N-methyl/N-ethyl adjacent to an activating group) is 1. The summed E-state index contributed by atoms with van der Waals surface area (Å²) in [6.45, 7) is 19.6. The molecule has 2 N–H and O–H groups in total. The predicted octanol–water partition coefficient (Wildman–Crippen LogP) is 8.27. The summed E-state index contributed by atoms with van der Waals surface area (Å²) in [6, 6.07) is 3.88. The summed E-state index contributed by atoms with van der Waals surface area (Å²) in [7, 11) is 0.417. The molecule has 0 radical (unpaired) electrons. The van der Waals surface area contributed by atoms with Crippen LogP contribution in [-0.2, 0) is 15.8 Å². The van der Waals surface area contributed by atoms with Crippen LogP contribution in [0.25, 0.3) is 5.57 Å². The van der Waals surface area contributed by atoms with Gasteiger partial charge < -0.3 is 19.8 Å². The fourth-order valence-corrected chi connectivity index (χ4v) is 6.18. The second-order valence-electron chi connectivity index (χ2n) is 12.4. The Kier molecular flexibility index (Phi) is 16.8. The molecule has 0 saturated heterocycles. The van der Waals surface area contributed by atoms with E-state index < -0.39 is 34.9 Å². The molecular formula is C37H56F2N2O5S. The Balaban J connectivity index is 0.00000144. The highest BCUT2D eigenvalue weighted by Crippen LogP contribution is 2.41. The van der Waals surface area contributed by atoms with Crippen LogP contribution in [0.15, 0.2) is 64.4 Å². The van der Waals surface area contributed by atoms with Crippen LogP contribution in [0.5, 0.6) is 5.75 Å². The zero-order chi connectivity index (χ0) is 36.2. The number of allylic oxidation sites excluding steroid dienone is 8. The quantitative estimate of drug-likeness (QED) is 0.202. The number of carboxylic acid groups (broad SMARTS) is 1. The molecule has 3 rings (SSSR count). The van der Waals surface area contributed by atoms with Gasteiger partial charge in [0.2, 0.25) is 0 Å². The lowest BCUT2D eigenvalue weighted by Crippen LogP contribution is -2.30. The minimum Gasteiger partial charge on any atom is -0.490 e. The lowest BCUT2D eigenvalue weighted by molar-refractivity contribution is -0.136. The fraction of sp³-hybridized carbons (Fsp3) is 0.541. The minimum atomic E-state index is -1.59. The van der Waals surface area contributed by atoms with Gasteiger partial charge in [-0.05, 0) is 112 Å². The SMILES string of the molecule is CC.CC(C)(C)O.CC/C(=C(CC(=O)O)\C(C)=C(/C)N(C/C1=C(\C)C(F)C=CC=CC1F)S(C)=O)c1ccc2c(c1C)N(C)CCO2. The Hall–Kier alpha value is -3.24. The van der Waals surface area contributed by atoms with E-state index >= 15 is 4.39 Å². The molecule has 3 unspecified atom stereocenters. The third-order valence-corrected chi connectivity index (χ3v) is 8.77. The van der Waals surface area contributed by atoms with E-state index in [-0.39, 0.29) is 24.1 Å². The van der Waals surface area contributed by atoms with Crippen molar-refractivity contribution in [3.8, 4) is 5.75 Å². The normalized spacial score (nSPS) is 20.9. The largest absolute Gasteiger partial charge is 0.490 e. The maximum atomic E-state index is 15.2. The van der Waals surface area contributed by atoms with Crippen LogP contribution in [0.1, 0.15) is 86.3 Å². The van der Waals surface area contributed by atoms with E-state index in [4.69, 9.17) is 9.84 Å². The van der Waals surface area contributed by atoms with Gasteiger partial charge in [0.25, 0.3) is 0 Å². The van der Waals surface area contributed by atoms with Crippen LogP contribution in [-0.4, -0.2) is 75.6 Å². The third kappa shape index (κ3) is 12.1. The lowest BCUT2D eigenvalue weighted by atomic mass is 9.87. The molecule has 2 aliphatic rings. The molecule has 0 spiro atoms. The molecule has 0 bridgehead atoms. The first kappa shape index (κ1) is 41.8. The summed E-state index contributed by atoms with van der Waals surface area (Å²) in [6.07, 6.45) is 4.43. The van der Waals surface area contributed by atoms with E-state index in [0.29, 0.717) is 29.9 Å². The van der Waals surface area contributed by atoms with Crippen molar-refractivity contribution in [2.45, 2.75) is 100 Å². The monoisotopic (exact) mass is 678 g/mol. The number of ether oxygens (including phenoxy) is 1. The Morgan fingerprint density at radius 3 is 2.17 bits per heavy atom. The number of aliphatic hydroxyl groups is 1. The maximum absolute atomic E-state index is 15.2. The topological polar surface area (TPSA) is 90.3 Å². The van der Waals surface area contributed by atoms with Crippen molar-refractivity contribution in [1.82, 2.24) is 4.31 Å². The number of hydrogen-bond donors (Lipinski definition) is 2. The summed E-state index contributed by atoms with van der Waals surface area (Å²) in [5.41, 5.74) is 5.48. The van der Waals surface area contributed by atoms with Crippen molar-refractivity contribution in [1.29, 1.82) is 0 Å². The summed E-state index contributed by atoms with van der Waals surface area (Å²) in [4.78, 5) is 14.2. The van der Waals surface area contributed by atoms with Gasteiger partial charge in [-0.2, -0.15) is 0 Å². The molecule has 1 aliphatic heterocycles. The Bertz CT molecular complexity index is 1420. The van der Waals surface area contributed by atoms with E-state index in [0.717, 1.165) is 34.7 Å². The number of aliphatic carboxylic acids is 1. The Morgan fingerprint density at radius 2 is 1.66 bits per heavy atom. The second kappa shape index (κ2) is 18.9.